The van der Waals surface area contributed by atoms with E-state index in [0.717, 1.165) is 41.3 Å². The SMILES string of the molecule is [2H]C([2H])([2H])OCC12CCC(CN(c3nc(SC)nc4ccncc34)C1)N2. The number of anilines is 1. The molecule has 0 aromatic carbocycles. The van der Waals surface area contributed by atoms with Crippen molar-refractivity contribution in [3.8, 4) is 0 Å². The van der Waals surface area contributed by atoms with Gasteiger partial charge in [0.1, 0.15) is 5.82 Å². The van der Waals surface area contributed by atoms with E-state index in [9.17, 15) is 0 Å². The molecule has 2 atom stereocenters. The minimum Gasteiger partial charge on any atom is -0.383 e. The molecule has 122 valence electrons. The summed E-state index contributed by atoms with van der Waals surface area (Å²) in [5.74, 6) is 0.860. The fourth-order valence-electron chi connectivity index (χ4n) is 3.71. The number of hydrogen-bond donors (Lipinski definition) is 1. The molecule has 2 unspecified atom stereocenters. The number of thioether (sulfide) groups is 1. The third-order valence-electron chi connectivity index (χ3n) is 4.70. The third-order valence-corrected chi connectivity index (χ3v) is 5.25. The standard InChI is InChI=1S/C16H21N5OS/c1-22-10-16-5-3-11(20-16)8-21(9-16)14-12-7-17-6-4-13(12)18-15(19-14)23-2/h4,6-7,11,20H,3,5,8-10H2,1-2H3/i1D3. The van der Waals surface area contributed by atoms with Gasteiger partial charge in [-0.25, -0.2) is 9.97 Å². The van der Waals surface area contributed by atoms with E-state index in [-0.39, 0.29) is 12.1 Å². The topological polar surface area (TPSA) is 63.2 Å². The number of methoxy groups -OCH3 is 1. The number of hydrogen-bond acceptors (Lipinski definition) is 7. The molecule has 2 aromatic heterocycles. The van der Waals surface area contributed by atoms with Crippen LogP contribution in [-0.4, -0.2) is 59.5 Å². The summed E-state index contributed by atoms with van der Waals surface area (Å²) in [6, 6.07) is 2.19. The Morgan fingerprint density at radius 1 is 1.57 bits per heavy atom. The minimum atomic E-state index is -2.38. The molecule has 23 heavy (non-hydrogen) atoms. The number of piperazine rings is 1. The van der Waals surface area contributed by atoms with Gasteiger partial charge in [-0.2, -0.15) is 0 Å². The van der Waals surface area contributed by atoms with E-state index in [1.165, 1.54) is 11.8 Å². The Morgan fingerprint density at radius 3 is 3.39 bits per heavy atom. The molecule has 4 rings (SSSR count). The molecule has 0 aliphatic carbocycles. The van der Waals surface area contributed by atoms with Crippen LogP contribution in [0.1, 0.15) is 17.0 Å². The summed E-state index contributed by atoms with van der Waals surface area (Å²) in [5, 5.41) is 5.21. The van der Waals surface area contributed by atoms with Crippen molar-refractivity contribution < 1.29 is 8.85 Å². The van der Waals surface area contributed by atoms with E-state index in [1.54, 1.807) is 12.4 Å². The molecule has 2 fully saturated rings. The average molecular weight is 334 g/mol. The number of nitrogens with zero attached hydrogens (tertiary/aromatic N) is 4. The smallest absolute Gasteiger partial charge is 0.189 e. The predicted molar refractivity (Wildman–Crippen MR) is 92.1 cm³/mol. The quantitative estimate of drug-likeness (QED) is 0.674. The molecule has 1 N–H and O–H groups in total. The minimum absolute atomic E-state index is 0.160. The maximum atomic E-state index is 7.34. The highest BCUT2D eigenvalue weighted by Crippen LogP contribution is 2.34. The molecule has 0 amide bonds. The van der Waals surface area contributed by atoms with Crippen LogP contribution in [0.15, 0.2) is 23.6 Å². The van der Waals surface area contributed by atoms with Gasteiger partial charge in [-0.15, -0.1) is 0 Å². The highest BCUT2D eigenvalue weighted by Gasteiger charge is 2.45. The summed E-state index contributed by atoms with van der Waals surface area (Å²) in [4.78, 5) is 15.8. The lowest BCUT2D eigenvalue weighted by Gasteiger charge is -2.41. The van der Waals surface area contributed by atoms with Crippen molar-refractivity contribution >= 4 is 28.5 Å². The van der Waals surface area contributed by atoms with Crippen LogP contribution in [0.5, 0.6) is 0 Å². The lowest BCUT2D eigenvalue weighted by atomic mass is 9.98. The van der Waals surface area contributed by atoms with Crippen molar-refractivity contribution in [1.82, 2.24) is 20.3 Å². The highest BCUT2D eigenvalue weighted by molar-refractivity contribution is 7.98. The van der Waals surface area contributed by atoms with Crippen molar-refractivity contribution in [2.45, 2.75) is 29.6 Å². The molecule has 0 saturated carbocycles. The monoisotopic (exact) mass is 334 g/mol. The van der Waals surface area contributed by atoms with Gasteiger partial charge in [0.15, 0.2) is 5.16 Å². The Hall–Kier alpha value is -1.44. The highest BCUT2D eigenvalue weighted by atomic mass is 32.2. The molecule has 2 bridgehead atoms. The molecule has 7 heteroatoms. The van der Waals surface area contributed by atoms with Gasteiger partial charge in [0.2, 0.25) is 0 Å². The summed E-state index contributed by atoms with van der Waals surface area (Å²) >= 11 is 1.51. The van der Waals surface area contributed by atoms with Gasteiger partial charge in [0.25, 0.3) is 0 Å². The number of aromatic nitrogens is 3. The Balaban J connectivity index is 1.67. The summed E-state index contributed by atoms with van der Waals surface area (Å²) in [6.07, 6.45) is 7.37. The Kier molecular flexibility index (Phi) is 3.07. The number of ether oxygens (including phenoxy) is 1. The third kappa shape index (κ3) is 2.66. The Bertz CT molecular complexity index is 820. The van der Waals surface area contributed by atoms with Crippen LogP contribution in [0, 0.1) is 0 Å². The van der Waals surface area contributed by atoms with E-state index in [0.29, 0.717) is 12.6 Å². The van der Waals surface area contributed by atoms with Gasteiger partial charge >= 0.3 is 0 Å². The Morgan fingerprint density at radius 2 is 2.52 bits per heavy atom. The Labute approximate surface area is 144 Å². The van der Waals surface area contributed by atoms with Crippen molar-refractivity contribution in [1.29, 1.82) is 0 Å². The number of nitrogens with one attached hydrogen (secondary N) is 1. The van der Waals surface area contributed by atoms with Crippen LogP contribution in [0.4, 0.5) is 5.82 Å². The summed E-state index contributed by atoms with van der Waals surface area (Å²) in [7, 11) is -2.38. The number of pyridine rings is 1. The maximum Gasteiger partial charge on any atom is 0.189 e. The van der Waals surface area contributed by atoms with E-state index in [2.05, 4.69) is 20.2 Å². The second kappa shape index (κ2) is 5.89. The van der Waals surface area contributed by atoms with E-state index >= 15 is 0 Å². The first-order valence-electron chi connectivity index (χ1n) is 9.20. The number of rotatable bonds is 4. The second-order valence-electron chi connectivity index (χ2n) is 6.26. The van der Waals surface area contributed by atoms with Crippen molar-refractivity contribution in [3.05, 3.63) is 18.5 Å². The first-order chi connectivity index (χ1) is 12.4. The molecule has 2 aromatic rings. The fourth-order valence-corrected chi connectivity index (χ4v) is 4.08. The largest absolute Gasteiger partial charge is 0.383 e. The van der Waals surface area contributed by atoms with E-state index in [4.69, 9.17) is 13.8 Å². The first kappa shape index (κ1) is 12.0. The molecule has 2 aliphatic heterocycles. The van der Waals surface area contributed by atoms with Gasteiger partial charge in [-0.05, 0) is 25.2 Å². The van der Waals surface area contributed by atoms with E-state index in [1.807, 2.05) is 12.3 Å². The maximum absolute atomic E-state index is 7.34. The fraction of sp³-hybridized carbons (Fsp3) is 0.562. The predicted octanol–water partition coefficient (Wildman–Crippen LogP) is 1.70. The molecule has 0 spiro atoms. The van der Waals surface area contributed by atoms with Gasteiger partial charge in [-0.1, -0.05) is 11.8 Å². The van der Waals surface area contributed by atoms with Crippen LogP contribution >= 0.6 is 11.8 Å². The molecular weight excluding hydrogens is 310 g/mol. The van der Waals surface area contributed by atoms with Crippen LogP contribution < -0.4 is 10.2 Å². The van der Waals surface area contributed by atoms with Crippen LogP contribution in [0.3, 0.4) is 0 Å². The van der Waals surface area contributed by atoms with E-state index < -0.39 is 7.04 Å². The lowest BCUT2D eigenvalue weighted by Crippen LogP contribution is -2.61. The van der Waals surface area contributed by atoms with Crippen molar-refractivity contribution in [3.63, 3.8) is 0 Å². The zero-order chi connectivity index (χ0) is 18.4. The molecule has 4 heterocycles. The average Bonchev–Trinajstić information content (AvgIpc) is 2.93. The number of fused-ring (bicyclic) bond motifs is 3. The lowest BCUT2D eigenvalue weighted by molar-refractivity contribution is 0.114. The first-order valence-corrected chi connectivity index (χ1v) is 8.92. The summed E-state index contributed by atoms with van der Waals surface area (Å²) in [6.45, 7) is 1.63. The summed E-state index contributed by atoms with van der Waals surface area (Å²) in [5.41, 5.74) is 0.504. The van der Waals surface area contributed by atoms with Gasteiger partial charge < -0.3 is 15.0 Å². The van der Waals surface area contributed by atoms with Crippen LogP contribution in [0.2, 0.25) is 0 Å². The molecule has 6 nitrogen and oxygen atoms in total. The second-order valence-corrected chi connectivity index (χ2v) is 7.03. The molecule has 2 saturated heterocycles. The van der Waals surface area contributed by atoms with Crippen LogP contribution in [0.25, 0.3) is 10.9 Å². The van der Waals surface area contributed by atoms with Crippen molar-refractivity contribution in [2.75, 3.05) is 37.9 Å². The zero-order valence-corrected chi connectivity index (χ0v) is 13.8. The molecular formula is C16H21N5OS. The zero-order valence-electron chi connectivity index (χ0n) is 16.0. The van der Waals surface area contributed by atoms with Gasteiger partial charge in [0, 0.05) is 38.6 Å². The normalized spacial score (nSPS) is 29.3. The van der Waals surface area contributed by atoms with Crippen molar-refractivity contribution in [2.24, 2.45) is 0 Å². The summed E-state index contributed by atoms with van der Waals surface area (Å²) < 4.78 is 27.2. The molecule has 0 radical (unpaired) electrons. The van der Waals surface area contributed by atoms with Gasteiger partial charge in [-0.3, -0.25) is 4.98 Å². The molecule has 2 aliphatic rings. The van der Waals surface area contributed by atoms with Crippen LogP contribution in [-0.2, 0) is 4.74 Å². The van der Waals surface area contributed by atoms with Gasteiger partial charge in [0.05, 0.1) is 27.2 Å².